The Morgan fingerprint density at radius 3 is 3.36 bits per heavy atom. The zero-order valence-corrected chi connectivity index (χ0v) is 8.90. The molecule has 1 aliphatic heterocycles. The number of nitrogens with one attached hydrogen (secondary N) is 1. The molecule has 0 amide bonds. The Balaban J connectivity index is 2.26. The van der Waals surface area contributed by atoms with Gasteiger partial charge in [-0.25, -0.2) is 0 Å². The molecule has 0 bridgehead atoms. The van der Waals surface area contributed by atoms with E-state index < -0.39 is 0 Å². The number of hydrogen-bond donors (Lipinski definition) is 1. The molecule has 0 fully saturated rings. The van der Waals surface area contributed by atoms with Gasteiger partial charge in [-0.05, 0) is 29.3 Å². The summed E-state index contributed by atoms with van der Waals surface area (Å²) in [6, 6.07) is 2.17. The second kappa shape index (κ2) is 2.92. The first-order chi connectivity index (χ1) is 6.84. The smallest absolute Gasteiger partial charge is 0.186 e. The Kier molecular flexibility index (Phi) is 1.70. The van der Waals surface area contributed by atoms with Crippen molar-refractivity contribution < 1.29 is 4.68 Å². The van der Waals surface area contributed by atoms with E-state index in [0.29, 0.717) is 0 Å². The molecule has 0 unspecified atom stereocenters. The van der Waals surface area contributed by atoms with Gasteiger partial charge in [-0.1, -0.05) is 0 Å². The minimum absolute atomic E-state index is 0.999. The van der Waals surface area contributed by atoms with E-state index in [9.17, 15) is 0 Å². The van der Waals surface area contributed by atoms with Crippen molar-refractivity contribution in [2.45, 2.75) is 26.2 Å². The summed E-state index contributed by atoms with van der Waals surface area (Å²) in [7, 11) is 0. The molecule has 0 aromatic carbocycles. The Morgan fingerprint density at radius 1 is 1.50 bits per heavy atom. The molecular formula is C10H12N3S+. The highest BCUT2D eigenvalue weighted by molar-refractivity contribution is 7.10. The molecule has 4 heteroatoms. The standard InChI is InChI=1S/C10H11N3S/c1-7-11-10-4-2-3-9-8(5-6-14-9)13(10)12-7/h5-6H,2-4H2,1H3/p+1. The first kappa shape index (κ1) is 8.17. The van der Waals surface area contributed by atoms with Gasteiger partial charge in [-0.2, -0.15) is 5.10 Å². The SMILES string of the molecule is Cc1nc2[n+]([nH]1)-c1ccsc1CCC2. The number of rotatable bonds is 0. The predicted octanol–water partition coefficient (Wildman–Crippen LogP) is 1.55. The number of aromatic nitrogens is 3. The van der Waals surface area contributed by atoms with Gasteiger partial charge in [-0.15, -0.1) is 16.0 Å². The van der Waals surface area contributed by atoms with Gasteiger partial charge in [0.15, 0.2) is 5.69 Å². The van der Waals surface area contributed by atoms with Crippen molar-refractivity contribution in [3.63, 3.8) is 0 Å². The van der Waals surface area contributed by atoms with Gasteiger partial charge < -0.3 is 0 Å². The molecule has 0 saturated carbocycles. The zero-order chi connectivity index (χ0) is 9.54. The van der Waals surface area contributed by atoms with Gasteiger partial charge in [0.2, 0.25) is 5.82 Å². The van der Waals surface area contributed by atoms with Crippen LogP contribution in [0.5, 0.6) is 0 Å². The molecule has 2 aromatic rings. The lowest BCUT2D eigenvalue weighted by atomic mass is 10.2. The quantitative estimate of drug-likeness (QED) is 0.652. The molecule has 0 atom stereocenters. The molecular weight excluding hydrogens is 194 g/mol. The van der Waals surface area contributed by atoms with Crippen LogP contribution in [0.15, 0.2) is 11.4 Å². The summed E-state index contributed by atoms with van der Waals surface area (Å²) in [6.45, 7) is 2.01. The predicted molar refractivity (Wildman–Crippen MR) is 54.8 cm³/mol. The number of aromatic amines is 1. The van der Waals surface area contributed by atoms with Gasteiger partial charge >= 0.3 is 5.82 Å². The number of aryl methyl sites for hydroxylation is 3. The summed E-state index contributed by atoms with van der Waals surface area (Å²) in [5, 5.41) is 5.45. The van der Waals surface area contributed by atoms with E-state index in [1.54, 1.807) is 0 Å². The molecule has 0 spiro atoms. The first-order valence-corrected chi connectivity index (χ1v) is 5.77. The zero-order valence-electron chi connectivity index (χ0n) is 8.08. The van der Waals surface area contributed by atoms with Crippen molar-refractivity contribution in [1.29, 1.82) is 0 Å². The molecule has 14 heavy (non-hydrogen) atoms. The average Bonchev–Trinajstić information content (AvgIpc) is 2.70. The molecule has 2 aromatic heterocycles. The van der Waals surface area contributed by atoms with E-state index >= 15 is 0 Å². The van der Waals surface area contributed by atoms with Crippen LogP contribution in [0.1, 0.15) is 22.9 Å². The van der Waals surface area contributed by atoms with Crippen LogP contribution in [0.25, 0.3) is 5.69 Å². The van der Waals surface area contributed by atoms with Gasteiger partial charge in [-0.3, -0.25) is 0 Å². The summed E-state index contributed by atoms with van der Waals surface area (Å²) >= 11 is 1.84. The summed E-state index contributed by atoms with van der Waals surface area (Å²) in [6.07, 6.45) is 3.47. The fraction of sp³-hybridized carbons (Fsp3) is 0.400. The largest absolute Gasteiger partial charge is 0.324 e. The van der Waals surface area contributed by atoms with E-state index in [4.69, 9.17) is 0 Å². The Bertz CT molecular complexity index is 469. The second-order valence-corrected chi connectivity index (χ2v) is 4.64. The van der Waals surface area contributed by atoms with E-state index in [1.165, 1.54) is 29.2 Å². The Labute approximate surface area is 86.4 Å². The number of hydrogen-bond acceptors (Lipinski definition) is 2. The molecule has 3 nitrogen and oxygen atoms in total. The van der Waals surface area contributed by atoms with E-state index in [0.717, 1.165) is 12.2 Å². The monoisotopic (exact) mass is 206 g/mol. The molecule has 1 aliphatic rings. The minimum Gasteiger partial charge on any atom is -0.186 e. The summed E-state index contributed by atoms with van der Waals surface area (Å²) in [5.74, 6) is 2.17. The molecule has 72 valence electrons. The molecule has 3 rings (SSSR count). The molecule has 0 saturated heterocycles. The number of fused-ring (bicyclic) bond motifs is 3. The Hall–Kier alpha value is -1.16. The maximum absolute atomic E-state index is 4.50. The van der Waals surface area contributed by atoms with Crippen LogP contribution >= 0.6 is 11.3 Å². The lowest BCUT2D eigenvalue weighted by molar-refractivity contribution is -0.664. The van der Waals surface area contributed by atoms with Crippen LogP contribution in [0, 0.1) is 6.92 Å². The lowest BCUT2D eigenvalue weighted by Gasteiger charge is -1.92. The van der Waals surface area contributed by atoms with Crippen molar-refractivity contribution >= 4 is 11.3 Å². The van der Waals surface area contributed by atoms with Crippen LogP contribution in [0.4, 0.5) is 0 Å². The third-order valence-corrected chi connectivity index (χ3v) is 3.57. The summed E-state index contributed by atoms with van der Waals surface area (Å²) in [4.78, 5) is 5.97. The highest BCUT2D eigenvalue weighted by Crippen LogP contribution is 2.21. The third-order valence-electron chi connectivity index (χ3n) is 2.60. The minimum atomic E-state index is 0.999. The maximum Gasteiger partial charge on any atom is 0.324 e. The van der Waals surface area contributed by atoms with E-state index in [2.05, 4.69) is 26.2 Å². The normalized spacial score (nSPS) is 14.6. The van der Waals surface area contributed by atoms with Crippen LogP contribution in [0.3, 0.4) is 0 Å². The van der Waals surface area contributed by atoms with Crippen LogP contribution in [0.2, 0.25) is 0 Å². The first-order valence-electron chi connectivity index (χ1n) is 4.89. The number of thiophene rings is 1. The fourth-order valence-corrected chi connectivity index (χ4v) is 2.89. The topological polar surface area (TPSA) is 32.6 Å². The third kappa shape index (κ3) is 1.10. The van der Waals surface area contributed by atoms with Gasteiger partial charge in [0.1, 0.15) is 0 Å². The van der Waals surface area contributed by atoms with Crippen molar-refractivity contribution in [3.8, 4) is 5.69 Å². The Morgan fingerprint density at radius 2 is 2.43 bits per heavy atom. The summed E-state index contributed by atoms with van der Waals surface area (Å²) < 4.78 is 2.13. The van der Waals surface area contributed by atoms with Crippen molar-refractivity contribution in [2.75, 3.05) is 0 Å². The van der Waals surface area contributed by atoms with Gasteiger partial charge in [0, 0.05) is 6.92 Å². The van der Waals surface area contributed by atoms with Crippen molar-refractivity contribution in [2.24, 2.45) is 0 Å². The number of nitrogens with zero attached hydrogens (tertiary/aromatic N) is 2. The average molecular weight is 206 g/mol. The van der Waals surface area contributed by atoms with E-state index in [-0.39, 0.29) is 0 Å². The van der Waals surface area contributed by atoms with E-state index in [1.807, 2.05) is 18.3 Å². The maximum atomic E-state index is 4.50. The van der Waals surface area contributed by atoms with Gasteiger partial charge in [0.05, 0.1) is 11.3 Å². The molecule has 0 aliphatic carbocycles. The van der Waals surface area contributed by atoms with Crippen LogP contribution in [-0.2, 0) is 12.8 Å². The van der Waals surface area contributed by atoms with Crippen molar-refractivity contribution in [3.05, 3.63) is 28.0 Å². The second-order valence-electron chi connectivity index (χ2n) is 3.64. The van der Waals surface area contributed by atoms with Crippen molar-refractivity contribution in [1.82, 2.24) is 10.1 Å². The summed E-state index contributed by atoms with van der Waals surface area (Å²) in [5.41, 5.74) is 1.29. The molecule has 3 heterocycles. The number of H-pyrrole nitrogens is 1. The van der Waals surface area contributed by atoms with Gasteiger partial charge in [0.25, 0.3) is 0 Å². The van der Waals surface area contributed by atoms with Crippen LogP contribution < -0.4 is 4.68 Å². The van der Waals surface area contributed by atoms with Crippen LogP contribution in [-0.4, -0.2) is 10.1 Å². The lowest BCUT2D eigenvalue weighted by Crippen LogP contribution is -2.36. The highest BCUT2D eigenvalue weighted by atomic mass is 32.1. The fourth-order valence-electron chi connectivity index (χ4n) is 1.99. The molecule has 1 N–H and O–H groups in total. The highest BCUT2D eigenvalue weighted by Gasteiger charge is 2.24. The molecule has 0 radical (unpaired) electrons.